The molecule has 0 fully saturated rings. The lowest BCUT2D eigenvalue weighted by atomic mass is 10.1. The maximum absolute atomic E-state index is 5.71. The van der Waals surface area contributed by atoms with Crippen LogP contribution in [-0.4, -0.2) is 19.7 Å². The molecule has 2 heterocycles. The number of rotatable bonds is 2. The van der Waals surface area contributed by atoms with E-state index in [-0.39, 0.29) is 6.04 Å². The van der Waals surface area contributed by atoms with Crippen LogP contribution in [0.25, 0.3) is 22.2 Å². The third kappa shape index (κ3) is 2.08. The van der Waals surface area contributed by atoms with E-state index in [0.717, 1.165) is 11.3 Å². The van der Waals surface area contributed by atoms with Gasteiger partial charge in [0.25, 0.3) is 0 Å². The largest absolute Gasteiger partial charge is 0.351 e. The molecule has 3 aromatic rings. The molecule has 96 valence electrons. The average Bonchev–Trinajstić information content (AvgIpc) is 2.80. The fourth-order valence-corrected chi connectivity index (χ4v) is 2.07. The molecule has 5 nitrogen and oxygen atoms in total. The van der Waals surface area contributed by atoms with Crippen LogP contribution in [0.3, 0.4) is 0 Å². The molecule has 0 aliphatic rings. The minimum absolute atomic E-state index is 0.196. The quantitative estimate of drug-likeness (QED) is 0.758. The highest BCUT2D eigenvalue weighted by molar-refractivity contribution is 5.84. The highest BCUT2D eigenvalue weighted by Crippen LogP contribution is 2.22. The van der Waals surface area contributed by atoms with Crippen molar-refractivity contribution in [2.24, 2.45) is 12.8 Å². The molecule has 0 spiro atoms. The second-order valence-electron chi connectivity index (χ2n) is 4.69. The number of nitrogens with two attached hydrogens (primary N) is 1. The van der Waals surface area contributed by atoms with Gasteiger partial charge in [-0.1, -0.05) is 6.07 Å². The lowest BCUT2D eigenvalue weighted by Gasteiger charge is -2.04. The summed E-state index contributed by atoms with van der Waals surface area (Å²) in [5.74, 6) is 0.560. The SMILES string of the molecule is CC(N)c1ncc(-c2ccc3c(ccn3C)c2)nn1. The number of fused-ring (bicyclic) bond motifs is 1. The molecule has 1 unspecified atom stereocenters. The topological polar surface area (TPSA) is 69.6 Å². The van der Waals surface area contributed by atoms with Gasteiger partial charge >= 0.3 is 0 Å². The summed E-state index contributed by atoms with van der Waals surface area (Å²) in [7, 11) is 2.03. The van der Waals surface area contributed by atoms with Gasteiger partial charge in [0, 0.05) is 29.7 Å². The van der Waals surface area contributed by atoms with E-state index in [1.165, 1.54) is 10.9 Å². The molecule has 0 radical (unpaired) electrons. The fourth-order valence-electron chi connectivity index (χ4n) is 2.07. The van der Waals surface area contributed by atoms with E-state index in [0.29, 0.717) is 5.82 Å². The standard InChI is InChI=1S/C14H15N5/c1-9(15)14-16-8-12(17-18-14)10-3-4-13-11(7-10)5-6-19(13)2/h3-9H,15H2,1-2H3. The van der Waals surface area contributed by atoms with E-state index in [1.54, 1.807) is 6.20 Å². The van der Waals surface area contributed by atoms with Gasteiger partial charge in [-0.15, -0.1) is 10.2 Å². The minimum atomic E-state index is -0.196. The third-order valence-electron chi connectivity index (χ3n) is 3.17. The van der Waals surface area contributed by atoms with Crippen LogP contribution >= 0.6 is 0 Å². The van der Waals surface area contributed by atoms with Crippen molar-refractivity contribution in [3.05, 3.63) is 42.5 Å². The van der Waals surface area contributed by atoms with Gasteiger partial charge < -0.3 is 10.3 Å². The summed E-state index contributed by atoms with van der Waals surface area (Å²) in [5, 5.41) is 9.41. The second-order valence-corrected chi connectivity index (χ2v) is 4.69. The Bertz CT molecular complexity index is 712. The van der Waals surface area contributed by atoms with Gasteiger partial charge in [-0.05, 0) is 25.1 Å². The van der Waals surface area contributed by atoms with E-state index < -0.39 is 0 Å². The molecule has 0 saturated heterocycles. The first-order valence-electron chi connectivity index (χ1n) is 6.16. The van der Waals surface area contributed by atoms with Crippen molar-refractivity contribution < 1.29 is 0 Å². The van der Waals surface area contributed by atoms with Crippen molar-refractivity contribution >= 4 is 10.9 Å². The monoisotopic (exact) mass is 253 g/mol. The Morgan fingerprint density at radius 1 is 1.21 bits per heavy atom. The summed E-state index contributed by atoms with van der Waals surface area (Å²) in [4.78, 5) is 4.24. The normalized spacial score (nSPS) is 12.8. The van der Waals surface area contributed by atoms with Gasteiger partial charge in [-0.25, -0.2) is 4.98 Å². The summed E-state index contributed by atoms with van der Waals surface area (Å²) in [5.41, 5.74) is 8.67. The predicted octanol–water partition coefficient (Wildman–Crippen LogP) is 2.05. The summed E-state index contributed by atoms with van der Waals surface area (Å²) >= 11 is 0. The number of benzene rings is 1. The van der Waals surface area contributed by atoms with Gasteiger partial charge in [0.2, 0.25) is 0 Å². The first-order chi connectivity index (χ1) is 9.15. The van der Waals surface area contributed by atoms with Crippen LogP contribution < -0.4 is 5.73 Å². The van der Waals surface area contributed by atoms with Crippen molar-refractivity contribution in [2.75, 3.05) is 0 Å². The Hall–Kier alpha value is -2.27. The highest BCUT2D eigenvalue weighted by Gasteiger charge is 2.07. The maximum atomic E-state index is 5.71. The first kappa shape index (κ1) is 11.8. The van der Waals surface area contributed by atoms with Crippen LogP contribution in [0, 0.1) is 0 Å². The van der Waals surface area contributed by atoms with E-state index >= 15 is 0 Å². The summed E-state index contributed by atoms with van der Waals surface area (Å²) in [6, 6.07) is 8.08. The lowest BCUT2D eigenvalue weighted by Crippen LogP contribution is -2.10. The van der Waals surface area contributed by atoms with E-state index in [9.17, 15) is 0 Å². The number of aryl methyl sites for hydroxylation is 1. The van der Waals surface area contributed by atoms with Crippen molar-refractivity contribution in [3.63, 3.8) is 0 Å². The fraction of sp³-hybridized carbons (Fsp3) is 0.214. The Morgan fingerprint density at radius 2 is 2.05 bits per heavy atom. The predicted molar refractivity (Wildman–Crippen MR) is 74.3 cm³/mol. The van der Waals surface area contributed by atoms with Crippen molar-refractivity contribution in [1.82, 2.24) is 19.7 Å². The molecule has 0 bridgehead atoms. The molecule has 3 rings (SSSR count). The van der Waals surface area contributed by atoms with Crippen LogP contribution in [-0.2, 0) is 7.05 Å². The average molecular weight is 253 g/mol. The number of nitrogens with zero attached hydrogens (tertiary/aromatic N) is 4. The molecule has 5 heteroatoms. The third-order valence-corrected chi connectivity index (χ3v) is 3.17. The van der Waals surface area contributed by atoms with E-state index in [4.69, 9.17) is 5.73 Å². The summed E-state index contributed by atoms with van der Waals surface area (Å²) in [6.45, 7) is 1.84. The Labute approximate surface area is 111 Å². The van der Waals surface area contributed by atoms with Crippen LogP contribution in [0.2, 0.25) is 0 Å². The number of hydrogen-bond acceptors (Lipinski definition) is 4. The van der Waals surface area contributed by atoms with Crippen LogP contribution in [0.1, 0.15) is 18.8 Å². The van der Waals surface area contributed by atoms with Gasteiger partial charge in [-0.3, -0.25) is 0 Å². The number of hydrogen-bond donors (Lipinski definition) is 1. The molecule has 19 heavy (non-hydrogen) atoms. The maximum Gasteiger partial charge on any atom is 0.167 e. The summed E-state index contributed by atoms with van der Waals surface area (Å²) in [6.07, 6.45) is 3.76. The molecule has 0 aliphatic heterocycles. The molecular weight excluding hydrogens is 238 g/mol. The molecule has 1 aromatic carbocycles. The second kappa shape index (κ2) is 4.44. The zero-order valence-electron chi connectivity index (χ0n) is 10.9. The highest BCUT2D eigenvalue weighted by atomic mass is 15.2. The van der Waals surface area contributed by atoms with Gasteiger partial charge in [0.05, 0.1) is 12.2 Å². The van der Waals surface area contributed by atoms with Crippen molar-refractivity contribution in [1.29, 1.82) is 0 Å². The Morgan fingerprint density at radius 3 is 2.74 bits per heavy atom. The van der Waals surface area contributed by atoms with Gasteiger partial charge in [0.15, 0.2) is 5.82 Å². The minimum Gasteiger partial charge on any atom is -0.351 e. The van der Waals surface area contributed by atoms with Gasteiger partial charge in [-0.2, -0.15) is 0 Å². The molecular formula is C14H15N5. The Balaban J connectivity index is 2.03. The Kier molecular flexibility index (Phi) is 2.76. The first-order valence-corrected chi connectivity index (χ1v) is 6.16. The zero-order valence-corrected chi connectivity index (χ0v) is 10.9. The smallest absolute Gasteiger partial charge is 0.167 e. The van der Waals surface area contributed by atoms with E-state index in [2.05, 4.69) is 37.9 Å². The molecule has 0 amide bonds. The number of aromatic nitrogens is 4. The van der Waals surface area contributed by atoms with Crippen LogP contribution in [0.15, 0.2) is 36.7 Å². The molecule has 0 saturated carbocycles. The van der Waals surface area contributed by atoms with Crippen molar-refractivity contribution in [2.45, 2.75) is 13.0 Å². The van der Waals surface area contributed by atoms with Gasteiger partial charge in [0.1, 0.15) is 5.69 Å². The van der Waals surface area contributed by atoms with Crippen LogP contribution in [0.5, 0.6) is 0 Å². The molecule has 0 aliphatic carbocycles. The molecule has 2 N–H and O–H groups in total. The van der Waals surface area contributed by atoms with Crippen LogP contribution in [0.4, 0.5) is 0 Å². The molecule has 2 aromatic heterocycles. The van der Waals surface area contributed by atoms with Crippen molar-refractivity contribution in [3.8, 4) is 11.3 Å². The lowest BCUT2D eigenvalue weighted by molar-refractivity contribution is 0.709. The zero-order chi connectivity index (χ0) is 13.4. The van der Waals surface area contributed by atoms with E-state index in [1.807, 2.05) is 26.2 Å². The summed E-state index contributed by atoms with van der Waals surface area (Å²) < 4.78 is 2.09. The molecule has 1 atom stereocenters.